The highest BCUT2D eigenvalue weighted by atomic mass is 79.9. The number of alkyl halides is 3. The van der Waals surface area contributed by atoms with E-state index in [4.69, 9.17) is 16.3 Å². The minimum atomic E-state index is -2.94. The van der Waals surface area contributed by atoms with E-state index in [0.717, 1.165) is 0 Å². The van der Waals surface area contributed by atoms with E-state index in [2.05, 4.69) is 20.7 Å². The lowest BCUT2D eigenvalue weighted by Crippen LogP contribution is -2.10. The minimum Gasteiger partial charge on any atom is -0.466 e. The molecule has 1 aromatic rings. The van der Waals surface area contributed by atoms with Crippen LogP contribution in [0, 0.1) is 0 Å². The second-order valence-corrected chi connectivity index (χ2v) is 4.50. The topological polar surface area (TPSA) is 35.5 Å². The summed E-state index contributed by atoms with van der Waals surface area (Å²) >= 11 is 9.21. The molecule has 1 rings (SSSR count). The maximum absolute atomic E-state index is 12.2. The van der Waals surface area contributed by atoms with Gasteiger partial charge in [-0.05, 0) is 30.2 Å². The average molecular weight is 358 g/mol. The normalized spacial score (nSPS) is 10.6. The van der Waals surface area contributed by atoms with Crippen LogP contribution in [0.3, 0.4) is 0 Å². The van der Waals surface area contributed by atoms with Gasteiger partial charge in [-0.3, -0.25) is 4.79 Å². The summed E-state index contributed by atoms with van der Waals surface area (Å²) in [6.45, 7) is -1.00. The Morgan fingerprint density at radius 3 is 2.68 bits per heavy atom. The number of benzene rings is 1. The summed E-state index contributed by atoms with van der Waals surface area (Å²) in [4.78, 5) is 11.5. The Balaban J connectivity index is 3.04. The third kappa shape index (κ3) is 4.95. The highest BCUT2D eigenvalue weighted by Gasteiger charge is 2.15. The fourth-order valence-electron chi connectivity index (χ4n) is 1.51. The third-order valence-electron chi connectivity index (χ3n) is 2.26. The molecule has 3 nitrogen and oxygen atoms in total. The molecule has 0 N–H and O–H groups in total. The summed E-state index contributed by atoms with van der Waals surface area (Å²) in [7, 11) is 0. The molecule has 1 aromatic carbocycles. The molecule has 0 saturated carbocycles. The molecular weight excluding hydrogens is 345 g/mol. The molecule has 0 saturated heterocycles. The van der Waals surface area contributed by atoms with Crippen LogP contribution in [0.2, 0.25) is 5.02 Å². The van der Waals surface area contributed by atoms with Crippen LogP contribution in [0.15, 0.2) is 12.1 Å². The molecule has 0 aromatic heterocycles. The molecule has 106 valence electrons. The molecule has 0 fully saturated rings. The van der Waals surface area contributed by atoms with Gasteiger partial charge in [0.15, 0.2) is 0 Å². The number of esters is 1. The Kier molecular flexibility index (Phi) is 6.51. The van der Waals surface area contributed by atoms with Gasteiger partial charge in [0.2, 0.25) is 0 Å². The van der Waals surface area contributed by atoms with Crippen molar-refractivity contribution in [1.29, 1.82) is 0 Å². The SMILES string of the molecule is CCOC(=O)Cc1cc(OC(F)F)cc(Cl)c1CBr. The van der Waals surface area contributed by atoms with Crippen molar-refractivity contribution in [2.45, 2.75) is 25.3 Å². The fourth-order valence-corrected chi connectivity index (χ4v) is 2.63. The molecule has 0 aliphatic heterocycles. The Bertz CT molecular complexity index is 455. The maximum atomic E-state index is 12.2. The zero-order valence-corrected chi connectivity index (χ0v) is 12.4. The van der Waals surface area contributed by atoms with E-state index in [1.54, 1.807) is 6.92 Å². The zero-order valence-electron chi connectivity index (χ0n) is 10.1. The summed E-state index contributed by atoms with van der Waals surface area (Å²) in [5.41, 5.74) is 1.15. The van der Waals surface area contributed by atoms with E-state index in [-0.39, 0.29) is 23.8 Å². The number of carbonyl (C=O) groups excluding carboxylic acids is 1. The van der Waals surface area contributed by atoms with Crippen molar-refractivity contribution in [2.24, 2.45) is 0 Å². The Morgan fingerprint density at radius 2 is 2.16 bits per heavy atom. The van der Waals surface area contributed by atoms with Crippen molar-refractivity contribution in [3.8, 4) is 5.75 Å². The van der Waals surface area contributed by atoms with Crippen LogP contribution in [0.4, 0.5) is 8.78 Å². The molecule has 7 heteroatoms. The average Bonchev–Trinajstić information content (AvgIpc) is 2.27. The molecule has 19 heavy (non-hydrogen) atoms. The Labute approximate surface area is 123 Å². The van der Waals surface area contributed by atoms with Crippen molar-refractivity contribution < 1.29 is 23.0 Å². The smallest absolute Gasteiger partial charge is 0.387 e. The Morgan fingerprint density at radius 1 is 1.47 bits per heavy atom. The summed E-state index contributed by atoms with van der Waals surface area (Å²) < 4.78 is 33.5. The van der Waals surface area contributed by atoms with E-state index < -0.39 is 12.6 Å². The van der Waals surface area contributed by atoms with Gasteiger partial charge in [0.1, 0.15) is 5.75 Å². The highest BCUT2D eigenvalue weighted by molar-refractivity contribution is 9.08. The standard InChI is InChI=1S/C12H12BrClF2O3/c1-2-18-11(17)4-7-3-8(19-12(15)16)5-10(14)9(7)6-13/h3,5,12H,2,4,6H2,1H3. The lowest BCUT2D eigenvalue weighted by Gasteiger charge is -2.12. The van der Waals surface area contributed by atoms with Gasteiger partial charge in [-0.2, -0.15) is 8.78 Å². The Hall–Kier alpha value is -0.880. The largest absolute Gasteiger partial charge is 0.466 e. The number of hydrogen-bond acceptors (Lipinski definition) is 3. The van der Waals surface area contributed by atoms with Gasteiger partial charge in [0.25, 0.3) is 0 Å². The summed E-state index contributed by atoms with van der Waals surface area (Å²) in [6.07, 6.45) is -0.0467. The van der Waals surface area contributed by atoms with Gasteiger partial charge in [-0.25, -0.2) is 0 Å². The molecule has 0 radical (unpaired) electrons. The molecule has 0 amide bonds. The predicted octanol–water partition coefficient (Wildman–Crippen LogP) is 3.94. The number of carbonyl (C=O) groups is 1. The van der Waals surface area contributed by atoms with Gasteiger partial charge < -0.3 is 9.47 Å². The number of rotatable bonds is 6. The van der Waals surface area contributed by atoms with E-state index >= 15 is 0 Å². The molecule has 0 aliphatic carbocycles. The van der Waals surface area contributed by atoms with E-state index in [1.165, 1.54) is 12.1 Å². The van der Waals surface area contributed by atoms with E-state index in [0.29, 0.717) is 16.5 Å². The summed E-state index contributed by atoms with van der Waals surface area (Å²) in [6, 6.07) is 2.66. The zero-order chi connectivity index (χ0) is 14.4. The minimum absolute atomic E-state index is 0.0467. The van der Waals surface area contributed by atoms with Crippen LogP contribution in [0.1, 0.15) is 18.1 Å². The molecule has 0 heterocycles. The van der Waals surface area contributed by atoms with Gasteiger partial charge >= 0.3 is 12.6 Å². The number of halogens is 4. The van der Waals surface area contributed by atoms with Crippen LogP contribution in [0.5, 0.6) is 5.75 Å². The lowest BCUT2D eigenvalue weighted by molar-refractivity contribution is -0.142. The molecule has 0 unspecified atom stereocenters. The van der Waals surface area contributed by atoms with E-state index in [9.17, 15) is 13.6 Å². The first kappa shape index (κ1) is 16.2. The monoisotopic (exact) mass is 356 g/mol. The molecule has 0 spiro atoms. The summed E-state index contributed by atoms with van der Waals surface area (Å²) in [5.74, 6) is -0.529. The van der Waals surface area contributed by atoms with Crippen LogP contribution < -0.4 is 4.74 Å². The number of hydrogen-bond donors (Lipinski definition) is 0. The predicted molar refractivity (Wildman–Crippen MR) is 71.1 cm³/mol. The molecule has 0 atom stereocenters. The van der Waals surface area contributed by atoms with Gasteiger partial charge in [0, 0.05) is 10.4 Å². The summed E-state index contributed by atoms with van der Waals surface area (Å²) in [5, 5.41) is 0.657. The highest BCUT2D eigenvalue weighted by Crippen LogP contribution is 2.30. The third-order valence-corrected chi connectivity index (χ3v) is 3.16. The first-order chi connectivity index (χ1) is 8.97. The van der Waals surface area contributed by atoms with Crippen molar-refractivity contribution in [3.05, 3.63) is 28.3 Å². The van der Waals surface area contributed by atoms with Crippen molar-refractivity contribution in [2.75, 3.05) is 6.61 Å². The van der Waals surface area contributed by atoms with E-state index in [1.807, 2.05) is 0 Å². The second-order valence-electron chi connectivity index (χ2n) is 3.54. The van der Waals surface area contributed by atoms with Gasteiger partial charge in [0.05, 0.1) is 13.0 Å². The number of ether oxygens (including phenoxy) is 2. The molecule has 0 aliphatic rings. The fraction of sp³-hybridized carbons (Fsp3) is 0.417. The van der Waals surface area contributed by atoms with Crippen LogP contribution in [-0.4, -0.2) is 19.2 Å². The van der Waals surface area contributed by atoms with Crippen LogP contribution in [-0.2, 0) is 21.3 Å². The van der Waals surface area contributed by atoms with Crippen molar-refractivity contribution in [3.63, 3.8) is 0 Å². The quantitative estimate of drug-likeness (QED) is 0.571. The first-order valence-corrected chi connectivity index (χ1v) is 6.95. The van der Waals surface area contributed by atoms with Crippen molar-refractivity contribution in [1.82, 2.24) is 0 Å². The van der Waals surface area contributed by atoms with Crippen LogP contribution >= 0.6 is 27.5 Å². The second kappa shape index (κ2) is 7.65. The van der Waals surface area contributed by atoms with Crippen molar-refractivity contribution >= 4 is 33.5 Å². The molecular formula is C12H12BrClF2O3. The first-order valence-electron chi connectivity index (χ1n) is 5.45. The van der Waals surface area contributed by atoms with Crippen LogP contribution in [0.25, 0.3) is 0 Å². The maximum Gasteiger partial charge on any atom is 0.387 e. The molecule has 0 bridgehead atoms. The van der Waals surface area contributed by atoms with Gasteiger partial charge in [-0.1, -0.05) is 27.5 Å². The lowest BCUT2D eigenvalue weighted by atomic mass is 10.1. The van der Waals surface area contributed by atoms with Gasteiger partial charge in [-0.15, -0.1) is 0 Å².